The summed E-state index contributed by atoms with van der Waals surface area (Å²) < 4.78 is 0. The number of carbonyl (C=O) groups excluding carboxylic acids is 2. The molecule has 0 spiro atoms. The van der Waals surface area contributed by atoms with Crippen LogP contribution in [0.2, 0.25) is 10.0 Å². The Hall–Kier alpha value is -2.68. The van der Waals surface area contributed by atoms with Crippen LogP contribution in [-0.2, 0) is 4.79 Å². The van der Waals surface area contributed by atoms with Crippen molar-refractivity contribution in [3.05, 3.63) is 58.1 Å². The van der Waals surface area contributed by atoms with Crippen molar-refractivity contribution in [1.29, 1.82) is 0 Å². The number of rotatable bonds is 7. The van der Waals surface area contributed by atoms with Crippen LogP contribution < -0.4 is 16.0 Å². The van der Waals surface area contributed by atoms with Gasteiger partial charge >= 0.3 is 6.03 Å². The van der Waals surface area contributed by atoms with Crippen LogP contribution in [0.1, 0.15) is 25.8 Å². The second-order valence-corrected chi connectivity index (χ2v) is 9.16. The average Bonchev–Trinajstić information content (AvgIpc) is 3.23. The zero-order valence-electron chi connectivity index (χ0n) is 17.8. The molecular formula is C22H23Cl2N5O2S. The van der Waals surface area contributed by atoms with Crippen LogP contribution >= 0.6 is 34.5 Å². The van der Waals surface area contributed by atoms with Crippen LogP contribution in [0.4, 0.5) is 15.6 Å². The number of nitrogens with one attached hydrogen (secondary N) is 3. The molecule has 3 aromatic rings. The number of amides is 3. The smallest absolute Gasteiger partial charge is 0.319 e. The molecule has 0 bridgehead atoms. The van der Waals surface area contributed by atoms with Crippen LogP contribution in [0.15, 0.2) is 42.5 Å². The molecule has 3 N–H and O–H groups in total. The monoisotopic (exact) mass is 491 g/mol. The largest absolute Gasteiger partial charge is 0.326 e. The summed E-state index contributed by atoms with van der Waals surface area (Å²) in [4.78, 5) is 25.5. The van der Waals surface area contributed by atoms with Crippen LogP contribution in [-0.4, -0.2) is 28.2 Å². The second-order valence-electron chi connectivity index (χ2n) is 7.33. The Kier molecular flexibility index (Phi) is 8.06. The molecule has 32 heavy (non-hydrogen) atoms. The van der Waals surface area contributed by atoms with Gasteiger partial charge in [0.25, 0.3) is 0 Å². The van der Waals surface area contributed by atoms with Gasteiger partial charge in [0.2, 0.25) is 11.0 Å². The molecule has 3 amide bonds. The van der Waals surface area contributed by atoms with Crippen LogP contribution in [0.25, 0.3) is 10.6 Å². The first-order valence-electron chi connectivity index (χ1n) is 10.0. The van der Waals surface area contributed by atoms with Gasteiger partial charge in [-0.05, 0) is 42.7 Å². The molecule has 0 saturated carbocycles. The van der Waals surface area contributed by atoms with Gasteiger partial charge in [0.05, 0.1) is 0 Å². The van der Waals surface area contributed by atoms with E-state index in [2.05, 4.69) is 26.1 Å². The van der Waals surface area contributed by atoms with E-state index in [0.717, 1.165) is 11.1 Å². The van der Waals surface area contributed by atoms with E-state index in [1.54, 1.807) is 24.3 Å². The van der Waals surface area contributed by atoms with E-state index >= 15 is 0 Å². The summed E-state index contributed by atoms with van der Waals surface area (Å²) in [5.74, 6) is -0.471. The number of urea groups is 1. The summed E-state index contributed by atoms with van der Waals surface area (Å²) in [6.07, 6.45) is 0.695. The zero-order chi connectivity index (χ0) is 23.3. The molecular weight excluding hydrogens is 469 g/mol. The molecule has 0 aliphatic carbocycles. The highest BCUT2D eigenvalue weighted by Gasteiger charge is 2.27. The average molecular weight is 492 g/mol. The quantitative estimate of drug-likeness (QED) is 0.377. The summed E-state index contributed by atoms with van der Waals surface area (Å²) in [5.41, 5.74) is 2.29. The normalized spacial score (nSPS) is 12.7. The number of halogens is 2. The van der Waals surface area contributed by atoms with Crippen molar-refractivity contribution in [2.24, 2.45) is 5.92 Å². The lowest BCUT2D eigenvalue weighted by molar-refractivity contribution is -0.119. The van der Waals surface area contributed by atoms with Crippen molar-refractivity contribution in [3.63, 3.8) is 0 Å². The third kappa shape index (κ3) is 6.18. The Labute approximate surface area is 200 Å². The predicted octanol–water partition coefficient (Wildman–Crippen LogP) is 6.00. The number of hydrogen-bond acceptors (Lipinski definition) is 5. The lowest BCUT2D eigenvalue weighted by atomic mass is 9.98. The van der Waals surface area contributed by atoms with Crippen molar-refractivity contribution < 1.29 is 9.59 Å². The first-order chi connectivity index (χ1) is 15.3. The lowest BCUT2D eigenvalue weighted by Crippen LogP contribution is -2.49. The number of anilines is 2. The van der Waals surface area contributed by atoms with E-state index in [0.29, 0.717) is 32.3 Å². The van der Waals surface area contributed by atoms with E-state index in [9.17, 15) is 9.59 Å². The van der Waals surface area contributed by atoms with Crippen LogP contribution in [0.5, 0.6) is 0 Å². The predicted molar refractivity (Wildman–Crippen MR) is 131 cm³/mol. The fraction of sp³-hybridized carbons (Fsp3) is 0.273. The number of benzene rings is 2. The fourth-order valence-corrected chi connectivity index (χ4v) is 3.91. The highest BCUT2D eigenvalue weighted by molar-refractivity contribution is 7.18. The van der Waals surface area contributed by atoms with Gasteiger partial charge in [-0.1, -0.05) is 73.0 Å². The summed E-state index contributed by atoms with van der Waals surface area (Å²) in [7, 11) is 0. The van der Waals surface area contributed by atoms with Crippen molar-refractivity contribution in [2.45, 2.75) is 33.2 Å². The third-order valence-corrected chi connectivity index (χ3v) is 6.50. The molecule has 10 heteroatoms. The molecule has 7 nitrogen and oxygen atoms in total. The summed E-state index contributed by atoms with van der Waals surface area (Å²) in [6, 6.07) is 11.2. The van der Waals surface area contributed by atoms with Gasteiger partial charge in [-0.3, -0.25) is 10.1 Å². The molecule has 2 aromatic carbocycles. The van der Waals surface area contributed by atoms with E-state index in [-0.39, 0.29) is 11.8 Å². The highest BCUT2D eigenvalue weighted by Crippen LogP contribution is 2.27. The number of carbonyl (C=O) groups is 2. The SMILES string of the molecule is CC[C@@H](C)[C@@H](NC(=O)Nc1ccc(C)c(Cl)c1)C(=O)Nc1nnc(-c2ccc(Cl)cc2)s1. The summed E-state index contributed by atoms with van der Waals surface area (Å²) >= 11 is 13.3. The Bertz CT molecular complexity index is 1100. The van der Waals surface area contributed by atoms with Crippen LogP contribution in [0, 0.1) is 12.8 Å². The Morgan fingerprint density at radius 1 is 1.06 bits per heavy atom. The number of nitrogens with zero attached hydrogens (tertiary/aromatic N) is 2. The molecule has 0 aliphatic rings. The topological polar surface area (TPSA) is 96.0 Å². The Morgan fingerprint density at radius 3 is 2.44 bits per heavy atom. The molecule has 0 unspecified atom stereocenters. The van der Waals surface area contributed by atoms with E-state index < -0.39 is 12.1 Å². The lowest BCUT2D eigenvalue weighted by Gasteiger charge is -2.23. The maximum absolute atomic E-state index is 12.9. The minimum Gasteiger partial charge on any atom is -0.326 e. The van der Waals surface area contributed by atoms with Crippen molar-refractivity contribution in [2.75, 3.05) is 10.6 Å². The number of hydrogen-bond donors (Lipinski definition) is 3. The summed E-state index contributed by atoms with van der Waals surface area (Å²) in [6.45, 7) is 5.72. The molecule has 0 saturated heterocycles. The third-order valence-electron chi connectivity index (χ3n) is 4.96. The minimum absolute atomic E-state index is 0.106. The second kappa shape index (κ2) is 10.8. The molecule has 2 atom stereocenters. The standard InChI is InChI=1S/C22H23Cl2N5O2S/c1-4-12(2)18(26-21(31)25-16-10-5-13(3)17(24)11-16)19(30)27-22-29-28-20(32-22)14-6-8-15(23)9-7-14/h5-12,18H,4H2,1-3H3,(H2,25,26,31)(H,27,29,30)/t12-,18-/m1/s1. The molecule has 168 valence electrons. The van der Waals surface area contributed by atoms with Gasteiger partial charge < -0.3 is 10.6 Å². The highest BCUT2D eigenvalue weighted by atomic mass is 35.5. The molecule has 3 rings (SSSR count). The molecule has 0 radical (unpaired) electrons. The Balaban J connectivity index is 1.67. The number of aryl methyl sites for hydroxylation is 1. The van der Waals surface area contributed by atoms with E-state index in [1.807, 2.05) is 39.0 Å². The van der Waals surface area contributed by atoms with Gasteiger partial charge in [0.15, 0.2) is 0 Å². The van der Waals surface area contributed by atoms with Crippen molar-refractivity contribution in [3.8, 4) is 10.6 Å². The fourth-order valence-electron chi connectivity index (χ4n) is 2.85. The maximum atomic E-state index is 12.9. The first kappa shape index (κ1) is 24.0. The molecule has 0 aliphatic heterocycles. The van der Waals surface area contributed by atoms with Crippen molar-refractivity contribution in [1.82, 2.24) is 15.5 Å². The van der Waals surface area contributed by atoms with Gasteiger partial charge in [-0.25, -0.2) is 4.79 Å². The zero-order valence-corrected chi connectivity index (χ0v) is 20.1. The Morgan fingerprint density at radius 2 is 1.78 bits per heavy atom. The van der Waals surface area contributed by atoms with Gasteiger partial charge in [0, 0.05) is 21.3 Å². The minimum atomic E-state index is -0.760. The van der Waals surface area contributed by atoms with Gasteiger partial charge in [-0.2, -0.15) is 0 Å². The van der Waals surface area contributed by atoms with E-state index in [4.69, 9.17) is 23.2 Å². The van der Waals surface area contributed by atoms with Gasteiger partial charge in [-0.15, -0.1) is 10.2 Å². The first-order valence-corrected chi connectivity index (χ1v) is 11.6. The van der Waals surface area contributed by atoms with Gasteiger partial charge in [0.1, 0.15) is 11.0 Å². The molecule has 1 aromatic heterocycles. The van der Waals surface area contributed by atoms with Crippen LogP contribution in [0.3, 0.4) is 0 Å². The van der Waals surface area contributed by atoms with E-state index in [1.165, 1.54) is 11.3 Å². The van der Waals surface area contributed by atoms with Crippen molar-refractivity contribution >= 4 is 57.3 Å². The molecule has 1 heterocycles. The molecule has 0 fully saturated rings. The maximum Gasteiger partial charge on any atom is 0.319 e. The number of aromatic nitrogens is 2. The summed E-state index contributed by atoms with van der Waals surface area (Å²) in [5, 5.41) is 18.6.